The molecule has 0 saturated heterocycles. The van der Waals surface area contributed by atoms with Crippen LogP contribution in [0.4, 0.5) is 0 Å². The zero-order valence-electron chi connectivity index (χ0n) is 9.14. The Morgan fingerprint density at radius 2 is 2.29 bits per heavy atom. The molecule has 1 heterocycles. The highest BCUT2D eigenvalue weighted by Crippen LogP contribution is 2.26. The summed E-state index contributed by atoms with van der Waals surface area (Å²) in [6.07, 6.45) is 3.06. The van der Waals surface area contributed by atoms with Crippen molar-refractivity contribution in [2.75, 3.05) is 7.11 Å². The first kappa shape index (κ1) is 11.4. The minimum atomic E-state index is -0.381. The van der Waals surface area contributed by atoms with Crippen molar-refractivity contribution in [3.63, 3.8) is 0 Å². The molecular formula is C13H9NO2S. The molecule has 0 aliphatic heterocycles. The molecule has 3 nitrogen and oxygen atoms in total. The molecule has 1 aromatic carbocycles. The lowest BCUT2D eigenvalue weighted by Gasteiger charge is -1.94. The zero-order chi connectivity index (χ0) is 12.3. The quantitative estimate of drug-likeness (QED) is 0.602. The lowest BCUT2D eigenvalue weighted by Crippen LogP contribution is -1.93. The number of carbonyl (C=O) groups is 1. The normalized spacial score (nSPS) is 10.6. The summed E-state index contributed by atoms with van der Waals surface area (Å²) in [6, 6.07) is 9.75. The lowest BCUT2D eigenvalue weighted by atomic mass is 10.1. The van der Waals surface area contributed by atoms with Crippen molar-refractivity contribution in [3.05, 3.63) is 40.8 Å². The number of methoxy groups -OCH3 is 1. The van der Waals surface area contributed by atoms with Gasteiger partial charge in [0.05, 0.1) is 7.11 Å². The van der Waals surface area contributed by atoms with E-state index in [9.17, 15) is 4.79 Å². The molecule has 0 N–H and O–H groups in total. The van der Waals surface area contributed by atoms with Crippen molar-refractivity contribution in [2.45, 2.75) is 0 Å². The number of carbonyl (C=O) groups excluding carboxylic acids is 1. The summed E-state index contributed by atoms with van der Waals surface area (Å²) in [4.78, 5) is 11.6. The first-order valence-corrected chi connectivity index (χ1v) is 5.74. The van der Waals surface area contributed by atoms with Crippen molar-refractivity contribution >= 4 is 33.5 Å². The summed E-state index contributed by atoms with van der Waals surface area (Å²) in [5.74, 6) is -0.381. The molecule has 0 saturated carbocycles. The number of benzene rings is 1. The average molecular weight is 243 g/mol. The van der Waals surface area contributed by atoms with Gasteiger partial charge in [-0.25, -0.2) is 4.79 Å². The van der Waals surface area contributed by atoms with Crippen LogP contribution in [0, 0.1) is 11.3 Å². The predicted molar refractivity (Wildman–Crippen MR) is 67.6 cm³/mol. The Morgan fingerprint density at radius 1 is 1.47 bits per heavy atom. The van der Waals surface area contributed by atoms with E-state index < -0.39 is 0 Å². The van der Waals surface area contributed by atoms with E-state index in [4.69, 9.17) is 5.26 Å². The summed E-state index contributed by atoms with van der Waals surface area (Å²) < 4.78 is 5.58. The fourth-order valence-electron chi connectivity index (χ4n) is 1.45. The monoisotopic (exact) mass is 243 g/mol. The van der Waals surface area contributed by atoms with Crippen LogP contribution in [0.2, 0.25) is 0 Å². The summed E-state index contributed by atoms with van der Waals surface area (Å²) in [7, 11) is 1.34. The van der Waals surface area contributed by atoms with Gasteiger partial charge in [-0.3, -0.25) is 0 Å². The maximum Gasteiger partial charge on any atom is 0.330 e. The number of thiophene rings is 1. The van der Waals surface area contributed by atoms with Crippen LogP contribution in [-0.4, -0.2) is 13.1 Å². The molecule has 0 radical (unpaired) electrons. The Morgan fingerprint density at radius 3 is 3.00 bits per heavy atom. The topological polar surface area (TPSA) is 50.1 Å². The molecule has 4 heteroatoms. The maximum atomic E-state index is 10.9. The van der Waals surface area contributed by atoms with Crippen LogP contribution in [0.25, 0.3) is 16.2 Å². The molecule has 2 rings (SSSR count). The summed E-state index contributed by atoms with van der Waals surface area (Å²) in [6.45, 7) is 0. The van der Waals surface area contributed by atoms with E-state index in [1.807, 2.05) is 24.3 Å². The second-order valence-electron chi connectivity index (χ2n) is 3.38. The predicted octanol–water partition coefficient (Wildman–Crippen LogP) is 2.96. The number of nitriles is 1. The van der Waals surface area contributed by atoms with Crippen LogP contribution in [0.5, 0.6) is 0 Å². The van der Waals surface area contributed by atoms with Gasteiger partial charge >= 0.3 is 5.97 Å². The number of fused-ring (bicyclic) bond motifs is 1. The van der Waals surface area contributed by atoms with E-state index in [1.165, 1.54) is 24.5 Å². The van der Waals surface area contributed by atoms with E-state index >= 15 is 0 Å². The number of nitrogens with zero attached hydrogens (tertiary/aromatic N) is 1. The van der Waals surface area contributed by atoms with Crippen molar-refractivity contribution < 1.29 is 9.53 Å². The van der Waals surface area contributed by atoms with E-state index in [0.717, 1.165) is 15.6 Å². The Balaban J connectivity index is 2.35. The summed E-state index contributed by atoms with van der Waals surface area (Å²) >= 11 is 1.46. The first-order valence-electron chi connectivity index (χ1n) is 4.92. The van der Waals surface area contributed by atoms with E-state index in [1.54, 1.807) is 6.08 Å². The van der Waals surface area contributed by atoms with Gasteiger partial charge in [-0.2, -0.15) is 5.26 Å². The molecule has 0 fully saturated rings. The van der Waals surface area contributed by atoms with Crippen molar-refractivity contribution in [2.24, 2.45) is 0 Å². The van der Waals surface area contributed by atoms with Crippen LogP contribution in [0.1, 0.15) is 10.4 Å². The van der Waals surface area contributed by atoms with Gasteiger partial charge in [-0.1, -0.05) is 6.07 Å². The van der Waals surface area contributed by atoms with Gasteiger partial charge in [-0.05, 0) is 35.2 Å². The van der Waals surface area contributed by atoms with E-state index in [-0.39, 0.29) is 5.97 Å². The minimum Gasteiger partial charge on any atom is -0.466 e. The average Bonchev–Trinajstić information content (AvgIpc) is 2.77. The molecule has 0 bridgehead atoms. The van der Waals surface area contributed by atoms with Gasteiger partial charge in [0.2, 0.25) is 0 Å². The molecule has 17 heavy (non-hydrogen) atoms. The molecule has 84 valence electrons. The molecule has 0 unspecified atom stereocenters. The Kier molecular flexibility index (Phi) is 3.22. The molecule has 0 aliphatic rings. The largest absolute Gasteiger partial charge is 0.466 e. The van der Waals surface area contributed by atoms with Gasteiger partial charge in [0, 0.05) is 10.8 Å². The third kappa shape index (κ3) is 2.52. The Bertz CT molecular complexity index is 634. The second-order valence-corrected chi connectivity index (χ2v) is 4.46. The fourth-order valence-corrected chi connectivity index (χ4v) is 2.29. The third-order valence-electron chi connectivity index (χ3n) is 2.26. The molecule has 2 aromatic rings. The first-order chi connectivity index (χ1) is 8.22. The second kappa shape index (κ2) is 4.81. The van der Waals surface area contributed by atoms with Crippen LogP contribution in [-0.2, 0) is 9.53 Å². The zero-order valence-corrected chi connectivity index (χ0v) is 9.95. The fraction of sp³-hybridized carbons (Fsp3) is 0.0769. The van der Waals surface area contributed by atoms with Gasteiger partial charge in [0.15, 0.2) is 0 Å². The van der Waals surface area contributed by atoms with Gasteiger partial charge in [0.25, 0.3) is 0 Å². The number of rotatable bonds is 2. The van der Waals surface area contributed by atoms with Crippen LogP contribution in [0.15, 0.2) is 30.3 Å². The van der Waals surface area contributed by atoms with Gasteiger partial charge < -0.3 is 4.74 Å². The third-order valence-corrected chi connectivity index (χ3v) is 3.28. The standard InChI is InChI=1S/C13H9NO2S/c1-16-13(15)5-3-9-2-4-12-10(6-9)7-11(8-14)17-12/h2-7H,1H3. The van der Waals surface area contributed by atoms with Crippen molar-refractivity contribution in [1.29, 1.82) is 5.26 Å². The molecule has 0 aliphatic carbocycles. The van der Waals surface area contributed by atoms with Crippen LogP contribution in [0.3, 0.4) is 0 Å². The SMILES string of the molecule is COC(=O)C=Cc1ccc2sc(C#N)cc2c1. The van der Waals surface area contributed by atoms with Crippen molar-refractivity contribution in [1.82, 2.24) is 0 Å². The number of hydrogen-bond donors (Lipinski definition) is 0. The van der Waals surface area contributed by atoms with Gasteiger partial charge in [0.1, 0.15) is 10.9 Å². The molecule has 1 aromatic heterocycles. The highest BCUT2D eigenvalue weighted by Gasteiger charge is 2.01. The summed E-state index contributed by atoms with van der Waals surface area (Å²) in [5, 5.41) is 9.81. The van der Waals surface area contributed by atoms with Crippen molar-refractivity contribution in [3.8, 4) is 6.07 Å². The number of ether oxygens (including phenoxy) is 1. The number of hydrogen-bond acceptors (Lipinski definition) is 4. The van der Waals surface area contributed by atoms with Crippen LogP contribution < -0.4 is 0 Å². The van der Waals surface area contributed by atoms with Gasteiger partial charge in [-0.15, -0.1) is 11.3 Å². The molecule has 0 amide bonds. The van der Waals surface area contributed by atoms with E-state index in [0.29, 0.717) is 4.88 Å². The Labute approximate surface area is 103 Å². The highest BCUT2D eigenvalue weighted by atomic mass is 32.1. The minimum absolute atomic E-state index is 0.381. The lowest BCUT2D eigenvalue weighted by molar-refractivity contribution is -0.134. The van der Waals surface area contributed by atoms with Crippen LogP contribution >= 0.6 is 11.3 Å². The maximum absolute atomic E-state index is 10.9. The molecule has 0 atom stereocenters. The number of esters is 1. The molecule has 0 spiro atoms. The summed E-state index contributed by atoms with van der Waals surface area (Å²) in [5.41, 5.74) is 0.908. The molecular weight excluding hydrogens is 234 g/mol. The van der Waals surface area contributed by atoms with E-state index in [2.05, 4.69) is 10.8 Å². The Hall–Kier alpha value is -2.12. The smallest absolute Gasteiger partial charge is 0.330 e. The highest BCUT2D eigenvalue weighted by molar-refractivity contribution is 7.19.